The van der Waals surface area contributed by atoms with Gasteiger partial charge in [-0.05, 0) is 30.3 Å². The molecule has 0 atom stereocenters. The summed E-state index contributed by atoms with van der Waals surface area (Å²) in [5.74, 6) is 0.233. The Morgan fingerprint density at radius 3 is 2.89 bits per heavy atom. The Morgan fingerprint density at radius 2 is 2.11 bits per heavy atom. The quantitative estimate of drug-likeness (QED) is 0.427. The van der Waals surface area contributed by atoms with Crippen LogP contribution in [0.3, 0.4) is 0 Å². The lowest BCUT2D eigenvalue weighted by Gasteiger charge is -2.07. The average molecular weight is 403 g/mol. The number of rotatable bonds is 6. The number of phenolic OH excluding ortho intramolecular Hbond substituents is 1. The molecule has 1 amide bonds. The lowest BCUT2D eigenvalue weighted by molar-refractivity contribution is 0.0954. The zero-order valence-electron chi connectivity index (χ0n) is 14.1. The molecule has 138 valence electrons. The molecule has 0 aliphatic carbocycles. The fourth-order valence-corrected chi connectivity index (χ4v) is 3.21. The van der Waals surface area contributed by atoms with Crippen molar-refractivity contribution in [2.75, 3.05) is 12.4 Å². The number of hydrogen-bond donors (Lipinski definition) is 3. The summed E-state index contributed by atoms with van der Waals surface area (Å²) in [5, 5.41) is 17.2. The third kappa shape index (κ3) is 4.75. The highest BCUT2D eigenvalue weighted by Gasteiger charge is 2.10. The number of para-hydroxylation sites is 2. The van der Waals surface area contributed by atoms with Crippen LogP contribution < -0.4 is 15.5 Å². The minimum Gasteiger partial charge on any atom is -0.508 e. The first-order valence-corrected chi connectivity index (χ1v) is 8.95. The Kier molecular flexibility index (Phi) is 5.90. The van der Waals surface area contributed by atoms with Crippen molar-refractivity contribution in [3.8, 4) is 11.5 Å². The zero-order valence-corrected chi connectivity index (χ0v) is 15.7. The van der Waals surface area contributed by atoms with Crippen LogP contribution in [0.15, 0.2) is 53.6 Å². The summed E-state index contributed by atoms with van der Waals surface area (Å²) in [6.45, 7) is 0. The number of nitrogens with zero attached hydrogens (tertiary/aromatic N) is 2. The van der Waals surface area contributed by atoms with Crippen LogP contribution in [0, 0.1) is 0 Å². The number of ether oxygens (including phenoxy) is 1. The second-order valence-electron chi connectivity index (χ2n) is 5.25. The summed E-state index contributed by atoms with van der Waals surface area (Å²) in [4.78, 5) is 16.8. The summed E-state index contributed by atoms with van der Waals surface area (Å²) in [5.41, 5.74) is 3.43. The van der Waals surface area contributed by atoms with Gasteiger partial charge in [-0.2, -0.15) is 5.10 Å². The lowest BCUT2D eigenvalue weighted by Crippen LogP contribution is -2.17. The topological polar surface area (TPSA) is 95.8 Å². The lowest BCUT2D eigenvalue weighted by atomic mass is 10.2. The van der Waals surface area contributed by atoms with E-state index in [4.69, 9.17) is 16.3 Å². The predicted molar refractivity (Wildman–Crippen MR) is 107 cm³/mol. The summed E-state index contributed by atoms with van der Waals surface area (Å²) in [7, 11) is 1.59. The van der Waals surface area contributed by atoms with E-state index in [1.807, 2.05) is 24.3 Å². The highest BCUT2D eigenvalue weighted by Crippen LogP contribution is 2.31. The van der Waals surface area contributed by atoms with Crippen LogP contribution >= 0.6 is 22.9 Å². The molecule has 0 unspecified atom stereocenters. The molecule has 3 rings (SSSR count). The maximum Gasteiger partial charge on any atom is 0.271 e. The Labute approximate surface area is 164 Å². The molecule has 27 heavy (non-hydrogen) atoms. The first kappa shape index (κ1) is 18.7. The molecular formula is C18H15ClN4O3S. The van der Waals surface area contributed by atoms with Gasteiger partial charge in [-0.25, -0.2) is 10.4 Å². The van der Waals surface area contributed by atoms with Crippen LogP contribution in [0.25, 0.3) is 0 Å². The van der Waals surface area contributed by atoms with Gasteiger partial charge in [-0.15, -0.1) is 0 Å². The fourth-order valence-electron chi connectivity index (χ4n) is 2.17. The fraction of sp³-hybridized carbons (Fsp3) is 0.0556. The molecule has 0 aliphatic rings. The number of nitrogens with one attached hydrogen (secondary N) is 2. The van der Waals surface area contributed by atoms with E-state index in [1.165, 1.54) is 29.7 Å². The van der Waals surface area contributed by atoms with E-state index in [9.17, 15) is 9.90 Å². The zero-order chi connectivity index (χ0) is 19.2. The maximum absolute atomic E-state index is 12.0. The van der Waals surface area contributed by atoms with Crippen LogP contribution in [0.1, 0.15) is 15.2 Å². The number of halogens is 1. The maximum atomic E-state index is 12.0. The van der Waals surface area contributed by atoms with E-state index >= 15 is 0 Å². The van der Waals surface area contributed by atoms with Gasteiger partial charge in [0.05, 0.1) is 23.9 Å². The molecule has 3 aromatic rings. The van der Waals surface area contributed by atoms with E-state index in [2.05, 4.69) is 20.8 Å². The summed E-state index contributed by atoms with van der Waals surface area (Å²) in [6, 6.07) is 13.4. The molecule has 9 heteroatoms. The van der Waals surface area contributed by atoms with Gasteiger partial charge in [0.25, 0.3) is 5.91 Å². The summed E-state index contributed by atoms with van der Waals surface area (Å²) < 4.78 is 5.29. The van der Waals surface area contributed by atoms with E-state index < -0.39 is 5.91 Å². The molecule has 0 bridgehead atoms. The standard InChI is InChI=1S/C18H15ClN4O3S/c1-26-14-8-3-2-7-13(14)21-18-22-16(19)15(27-18)10-20-23-17(25)11-5-4-6-12(24)9-11/h2-10,24H,1H3,(H,21,22)(H,23,25)/b20-10+. The minimum atomic E-state index is -0.449. The molecule has 0 saturated carbocycles. The Balaban J connectivity index is 1.67. The number of hydrazone groups is 1. The molecule has 2 aromatic carbocycles. The van der Waals surface area contributed by atoms with E-state index in [1.54, 1.807) is 19.2 Å². The second-order valence-corrected chi connectivity index (χ2v) is 6.64. The average Bonchev–Trinajstić information content (AvgIpc) is 3.01. The van der Waals surface area contributed by atoms with Crippen molar-refractivity contribution in [2.24, 2.45) is 5.10 Å². The Morgan fingerprint density at radius 1 is 1.30 bits per heavy atom. The van der Waals surface area contributed by atoms with Gasteiger partial charge in [0.1, 0.15) is 11.5 Å². The minimum absolute atomic E-state index is 0.00388. The van der Waals surface area contributed by atoms with Crippen molar-refractivity contribution in [2.45, 2.75) is 0 Å². The first-order chi connectivity index (χ1) is 13.1. The van der Waals surface area contributed by atoms with Crippen LogP contribution in [-0.4, -0.2) is 29.3 Å². The molecule has 0 saturated heterocycles. The van der Waals surface area contributed by atoms with Crippen LogP contribution in [-0.2, 0) is 0 Å². The molecule has 0 aliphatic heterocycles. The summed E-state index contributed by atoms with van der Waals surface area (Å²) in [6.07, 6.45) is 1.41. The molecule has 0 spiro atoms. The number of hydrogen-bond acceptors (Lipinski definition) is 7. The molecule has 1 heterocycles. The first-order valence-electron chi connectivity index (χ1n) is 7.75. The van der Waals surface area contributed by atoms with Crippen LogP contribution in [0.2, 0.25) is 5.15 Å². The number of amides is 1. The van der Waals surface area contributed by atoms with Crippen molar-refractivity contribution < 1.29 is 14.6 Å². The number of anilines is 2. The van der Waals surface area contributed by atoms with Gasteiger partial charge in [-0.1, -0.05) is 41.1 Å². The number of methoxy groups -OCH3 is 1. The van der Waals surface area contributed by atoms with Crippen LogP contribution in [0.4, 0.5) is 10.8 Å². The third-order valence-electron chi connectivity index (χ3n) is 3.41. The number of phenols is 1. The van der Waals surface area contributed by atoms with Gasteiger partial charge < -0.3 is 15.2 Å². The van der Waals surface area contributed by atoms with Crippen molar-refractivity contribution in [1.82, 2.24) is 10.4 Å². The number of aromatic nitrogens is 1. The van der Waals surface area contributed by atoms with Gasteiger partial charge in [-0.3, -0.25) is 4.79 Å². The number of benzene rings is 2. The molecule has 0 fully saturated rings. The SMILES string of the molecule is COc1ccccc1Nc1nc(Cl)c(/C=N/NC(=O)c2cccc(O)c2)s1. The van der Waals surface area contributed by atoms with E-state index in [0.717, 1.165) is 5.69 Å². The molecule has 7 nitrogen and oxygen atoms in total. The monoisotopic (exact) mass is 402 g/mol. The van der Waals surface area contributed by atoms with Crippen molar-refractivity contribution in [3.05, 3.63) is 64.1 Å². The highest BCUT2D eigenvalue weighted by atomic mass is 35.5. The van der Waals surface area contributed by atoms with Crippen molar-refractivity contribution in [3.63, 3.8) is 0 Å². The van der Waals surface area contributed by atoms with E-state index in [0.29, 0.717) is 21.3 Å². The molecule has 0 radical (unpaired) electrons. The van der Waals surface area contributed by atoms with E-state index in [-0.39, 0.29) is 10.9 Å². The Bertz CT molecular complexity index is 990. The van der Waals surface area contributed by atoms with Crippen molar-refractivity contribution >= 4 is 45.9 Å². The molecule has 3 N–H and O–H groups in total. The van der Waals surface area contributed by atoms with Gasteiger partial charge >= 0.3 is 0 Å². The van der Waals surface area contributed by atoms with Gasteiger partial charge in [0.15, 0.2) is 10.3 Å². The van der Waals surface area contributed by atoms with Crippen molar-refractivity contribution in [1.29, 1.82) is 0 Å². The second kappa shape index (κ2) is 8.52. The van der Waals surface area contributed by atoms with Gasteiger partial charge in [0.2, 0.25) is 0 Å². The normalized spacial score (nSPS) is 10.7. The number of aromatic hydroxyl groups is 1. The highest BCUT2D eigenvalue weighted by molar-refractivity contribution is 7.17. The van der Waals surface area contributed by atoms with Crippen LogP contribution in [0.5, 0.6) is 11.5 Å². The number of carbonyl (C=O) groups excluding carboxylic acids is 1. The molecular weight excluding hydrogens is 388 g/mol. The predicted octanol–water partition coefficient (Wildman–Crippen LogP) is 4.02. The summed E-state index contributed by atoms with van der Waals surface area (Å²) >= 11 is 7.40. The smallest absolute Gasteiger partial charge is 0.271 e. The van der Waals surface area contributed by atoms with Gasteiger partial charge in [0, 0.05) is 5.56 Å². The molecule has 1 aromatic heterocycles. The Hall–Kier alpha value is -3.10. The third-order valence-corrected chi connectivity index (χ3v) is 4.72. The largest absolute Gasteiger partial charge is 0.508 e. The number of thiazole rings is 1. The number of carbonyl (C=O) groups is 1.